The van der Waals surface area contributed by atoms with E-state index in [0.29, 0.717) is 34.3 Å². The summed E-state index contributed by atoms with van der Waals surface area (Å²) in [5.41, 5.74) is 3.20. The molecule has 0 spiro atoms. The van der Waals surface area contributed by atoms with Gasteiger partial charge in [0.05, 0.1) is 17.0 Å². The van der Waals surface area contributed by atoms with E-state index in [0.717, 1.165) is 35.4 Å². The fourth-order valence-electron chi connectivity index (χ4n) is 4.39. The molecule has 0 saturated heterocycles. The largest absolute Gasteiger partial charge is 0.870 e. The highest BCUT2D eigenvalue weighted by Crippen LogP contribution is 2.38. The van der Waals surface area contributed by atoms with E-state index in [1.807, 2.05) is 20.8 Å². The summed E-state index contributed by atoms with van der Waals surface area (Å²) < 4.78 is 42.9. The minimum absolute atomic E-state index is 0. The number of thiol groups is 1. The Labute approximate surface area is 248 Å². The number of thiazole rings is 1. The van der Waals surface area contributed by atoms with E-state index in [2.05, 4.69) is 16.8 Å². The van der Waals surface area contributed by atoms with E-state index < -0.39 is 28.6 Å². The summed E-state index contributed by atoms with van der Waals surface area (Å²) >= 11 is 1.16. The van der Waals surface area contributed by atoms with Crippen LogP contribution in [0.4, 0.5) is 8.78 Å². The molecule has 220 valence electrons. The number of carboxylic acids is 1. The van der Waals surface area contributed by atoms with Crippen molar-refractivity contribution in [3.8, 4) is 28.2 Å². The van der Waals surface area contributed by atoms with Crippen LogP contribution < -0.4 is 5.14 Å². The van der Waals surface area contributed by atoms with Crippen molar-refractivity contribution in [3.63, 3.8) is 0 Å². The minimum atomic E-state index is -2.33. The maximum Gasteiger partial charge on any atom is 0.355 e. The number of aromatic nitrogens is 3. The molecule has 0 amide bonds. The van der Waals surface area contributed by atoms with Gasteiger partial charge in [-0.3, -0.25) is 0 Å². The van der Waals surface area contributed by atoms with Crippen LogP contribution in [-0.4, -0.2) is 31.3 Å². The van der Waals surface area contributed by atoms with Crippen molar-refractivity contribution in [1.82, 2.24) is 14.8 Å². The number of aromatic carboxylic acids is 1. The van der Waals surface area contributed by atoms with Gasteiger partial charge in [0, 0.05) is 28.3 Å². The molecule has 2 heterocycles. The lowest BCUT2D eigenvalue weighted by Crippen LogP contribution is -2.07. The van der Waals surface area contributed by atoms with E-state index in [9.17, 15) is 22.9 Å². The van der Waals surface area contributed by atoms with Gasteiger partial charge in [0.2, 0.25) is 10.0 Å². The molecular weight excluding hydrogens is 582 g/mol. The van der Waals surface area contributed by atoms with Gasteiger partial charge in [-0.15, -0.1) is 16.5 Å². The van der Waals surface area contributed by atoms with E-state index in [1.165, 1.54) is 23.6 Å². The first-order valence-electron chi connectivity index (χ1n) is 13.0. The number of rotatable bonds is 8. The summed E-state index contributed by atoms with van der Waals surface area (Å²) in [6, 6.07) is 9.04. The molecule has 1 aliphatic rings. The number of hydrogen-bond donors (Lipinski definition) is 2. The summed E-state index contributed by atoms with van der Waals surface area (Å²) in [6.07, 6.45) is 3.03. The number of halogens is 2. The lowest BCUT2D eigenvalue weighted by Gasteiger charge is -2.10. The quantitative estimate of drug-likeness (QED) is 0.149. The average Bonchev–Trinajstić information content (AvgIpc) is 3.45. The second kappa shape index (κ2) is 12.2. The fourth-order valence-corrected chi connectivity index (χ4v) is 5.66. The predicted molar refractivity (Wildman–Crippen MR) is 157 cm³/mol. The van der Waals surface area contributed by atoms with Crippen molar-refractivity contribution >= 4 is 28.3 Å². The highest BCUT2D eigenvalue weighted by molar-refractivity contribution is 7.82. The number of nitrogens with two attached hydrogens (primary N) is 1. The summed E-state index contributed by atoms with van der Waals surface area (Å²) in [5, 5.41) is 21.6. The van der Waals surface area contributed by atoms with Crippen molar-refractivity contribution in [1.29, 1.82) is 0 Å². The Hall–Kier alpha value is -3.76. The highest BCUT2D eigenvalue weighted by atomic mass is 32.2. The highest BCUT2D eigenvalue weighted by Gasteiger charge is 2.30. The molecule has 1 aliphatic carbocycles. The Morgan fingerprint density at radius 2 is 1.93 bits per heavy atom. The molecule has 42 heavy (non-hydrogen) atoms. The van der Waals surface area contributed by atoms with Crippen LogP contribution in [0.3, 0.4) is 0 Å². The number of benzene rings is 2. The van der Waals surface area contributed by atoms with Gasteiger partial charge in [0.25, 0.3) is 0 Å². The second-order valence-corrected chi connectivity index (χ2v) is 13.1. The van der Waals surface area contributed by atoms with E-state index >= 15 is 0 Å². The molecule has 5 rings (SSSR count). The fraction of sp³-hybridized carbons (Fsp3) is 0.300. The zero-order valence-corrected chi connectivity index (χ0v) is 24.9. The third-order valence-corrected chi connectivity index (χ3v) is 8.26. The third kappa shape index (κ3) is 6.99. The zero-order valence-electron chi connectivity index (χ0n) is 23.2. The molecule has 1 atom stereocenters. The maximum absolute atomic E-state index is 14.8. The topological polar surface area (TPSA) is 141 Å². The summed E-state index contributed by atoms with van der Waals surface area (Å²) in [5.74, 6) is 4.19. The molecular formula is C30H30F2N4O4S2. The Morgan fingerprint density at radius 3 is 2.52 bits per heavy atom. The van der Waals surface area contributed by atoms with Crippen LogP contribution in [0.25, 0.3) is 16.4 Å². The number of carbonyl (C=O) groups is 1. The minimum Gasteiger partial charge on any atom is -0.870 e. The molecule has 4 N–H and O–H groups in total. The zero-order chi connectivity index (χ0) is 29.5. The molecule has 1 unspecified atom stereocenters. The van der Waals surface area contributed by atoms with Crippen LogP contribution in [0, 0.1) is 34.8 Å². The summed E-state index contributed by atoms with van der Waals surface area (Å²) in [7, 11) is -2.33. The first-order chi connectivity index (χ1) is 19.4. The van der Waals surface area contributed by atoms with Crippen LogP contribution in [0.1, 0.15) is 66.5 Å². The predicted octanol–water partition coefficient (Wildman–Crippen LogP) is 5.67. The molecule has 8 nitrogen and oxygen atoms in total. The van der Waals surface area contributed by atoms with Crippen molar-refractivity contribution in [2.75, 3.05) is 0 Å². The van der Waals surface area contributed by atoms with Crippen molar-refractivity contribution in [2.45, 2.75) is 51.3 Å². The molecule has 0 bridgehead atoms. The summed E-state index contributed by atoms with van der Waals surface area (Å²) in [4.78, 5) is 15.8. The van der Waals surface area contributed by atoms with Gasteiger partial charge in [-0.25, -0.2) is 23.2 Å². The number of carboxylic acid groups (broad SMARTS) is 1. The van der Waals surface area contributed by atoms with Gasteiger partial charge in [-0.1, -0.05) is 22.1 Å². The van der Waals surface area contributed by atoms with Crippen LogP contribution in [-0.2, 0) is 28.0 Å². The van der Waals surface area contributed by atoms with Gasteiger partial charge in [-0.2, -0.15) is 5.10 Å². The SMILES string of the molecule is CC(C)(C)C#Cc1cc(-c2nn(-c3nc(C(=O)O)cs3)c(CC3CC3)c2Cc2ccc([SH+](N)=O)c(F)c2)ccc1F.[OH-]. The third-order valence-electron chi connectivity index (χ3n) is 6.60. The monoisotopic (exact) mass is 612 g/mol. The molecule has 0 aliphatic heterocycles. The van der Waals surface area contributed by atoms with Gasteiger partial charge < -0.3 is 10.6 Å². The second-order valence-electron chi connectivity index (χ2n) is 11.1. The van der Waals surface area contributed by atoms with Crippen LogP contribution >= 0.6 is 11.3 Å². The first-order valence-corrected chi connectivity index (χ1v) is 15.2. The average molecular weight is 613 g/mol. The van der Waals surface area contributed by atoms with Crippen molar-refractivity contribution < 1.29 is 28.4 Å². The standard InChI is InChI=1S/C30H28F2N4O3S2.H2O/c1-30(2,3)11-10-19-15-20(7-8-22(19)31)27-21(12-18-6-9-26(41(33)39)23(32)13-18)25(14-17-4-5-17)36(35-27)29-34-24(16-40-29)28(37)38;/h6-9,13,15-17H,4-5,12,14H2,1-3H3,(H2,33,39)(H,37,38);1H2. The lowest BCUT2D eigenvalue weighted by atomic mass is 9.95. The summed E-state index contributed by atoms with van der Waals surface area (Å²) in [6.45, 7) is 5.82. The van der Waals surface area contributed by atoms with Crippen molar-refractivity contribution in [3.05, 3.63) is 81.5 Å². The van der Waals surface area contributed by atoms with Crippen LogP contribution in [0.15, 0.2) is 46.7 Å². The van der Waals surface area contributed by atoms with Gasteiger partial charge in [0.1, 0.15) is 5.82 Å². The molecule has 4 aromatic rings. The van der Waals surface area contributed by atoms with Gasteiger partial charge in [-0.05, 0) is 81.8 Å². The van der Waals surface area contributed by atoms with Gasteiger partial charge >= 0.3 is 5.97 Å². The molecule has 2 aromatic heterocycles. The molecule has 0 radical (unpaired) electrons. The van der Waals surface area contributed by atoms with Crippen LogP contribution in [0.2, 0.25) is 0 Å². The van der Waals surface area contributed by atoms with E-state index in [-0.39, 0.29) is 33.5 Å². The first kappa shape index (κ1) is 31.2. The maximum atomic E-state index is 14.8. The Balaban J connectivity index is 0.00000405. The number of nitrogens with zero attached hydrogens (tertiary/aromatic N) is 3. The lowest BCUT2D eigenvalue weighted by molar-refractivity contribution is 0.0691. The molecule has 1 saturated carbocycles. The molecule has 12 heteroatoms. The van der Waals surface area contributed by atoms with Gasteiger partial charge in [0.15, 0.2) is 22.5 Å². The normalized spacial score (nSPS) is 13.7. The Morgan fingerprint density at radius 1 is 1.19 bits per heavy atom. The Kier molecular flexibility index (Phi) is 9.08. The van der Waals surface area contributed by atoms with E-state index in [1.54, 1.807) is 22.9 Å². The Bertz CT molecular complexity index is 1740. The number of hydrogen-bond acceptors (Lipinski definition) is 6. The van der Waals surface area contributed by atoms with Crippen LogP contribution in [0.5, 0.6) is 0 Å². The van der Waals surface area contributed by atoms with Crippen molar-refractivity contribution in [2.24, 2.45) is 16.5 Å². The van der Waals surface area contributed by atoms with E-state index in [4.69, 9.17) is 10.2 Å². The molecule has 2 aromatic carbocycles. The smallest absolute Gasteiger partial charge is 0.355 e. The molecule has 1 fully saturated rings.